The first-order valence-electron chi connectivity index (χ1n) is 11.8. The molecule has 2 aliphatic rings. The van der Waals surface area contributed by atoms with Crippen molar-refractivity contribution in [3.63, 3.8) is 0 Å². The van der Waals surface area contributed by atoms with E-state index >= 15 is 0 Å². The summed E-state index contributed by atoms with van der Waals surface area (Å²) in [4.78, 5) is 18.0. The number of carbonyl (C=O) groups excluding carboxylic acids is 1. The summed E-state index contributed by atoms with van der Waals surface area (Å²) >= 11 is 0. The fourth-order valence-electron chi connectivity index (χ4n) is 5.50. The van der Waals surface area contributed by atoms with E-state index in [1.807, 2.05) is 24.4 Å². The predicted molar refractivity (Wildman–Crippen MR) is 131 cm³/mol. The van der Waals surface area contributed by atoms with Crippen LogP contribution in [0.15, 0.2) is 36.8 Å². The van der Waals surface area contributed by atoms with Gasteiger partial charge in [-0.3, -0.25) is 4.79 Å². The minimum atomic E-state index is -0.978. The minimum Gasteiger partial charge on any atom is -0.489 e. The Hall–Kier alpha value is -3.64. The Balaban J connectivity index is 1.38. The van der Waals surface area contributed by atoms with Gasteiger partial charge in [0.25, 0.3) is 0 Å². The van der Waals surface area contributed by atoms with Gasteiger partial charge in [0, 0.05) is 36.0 Å². The number of aliphatic hydroxyl groups is 1. The van der Waals surface area contributed by atoms with Crippen molar-refractivity contribution < 1.29 is 14.6 Å². The number of nitrogens with one attached hydrogen (secondary N) is 1. The second-order valence-corrected chi connectivity index (χ2v) is 10.8. The zero-order valence-corrected chi connectivity index (χ0v) is 20.4. The number of pyridine rings is 2. The van der Waals surface area contributed by atoms with E-state index in [4.69, 9.17) is 9.72 Å². The van der Waals surface area contributed by atoms with E-state index < -0.39 is 5.60 Å². The number of hydrogen-bond acceptors (Lipinski definition) is 7. The average Bonchev–Trinajstić information content (AvgIpc) is 3.14. The lowest BCUT2D eigenvalue weighted by molar-refractivity contribution is -0.111. The molecule has 35 heavy (non-hydrogen) atoms. The van der Waals surface area contributed by atoms with Crippen molar-refractivity contribution in [2.75, 3.05) is 24.6 Å². The summed E-state index contributed by atoms with van der Waals surface area (Å²) < 4.78 is 7.44. The van der Waals surface area contributed by atoms with Gasteiger partial charge in [-0.25, -0.2) is 9.50 Å². The summed E-state index contributed by atoms with van der Waals surface area (Å²) in [5.41, 5.74) is 1.63. The molecule has 0 aromatic carbocycles. The Labute approximate surface area is 204 Å². The molecule has 0 radical (unpaired) electrons. The highest BCUT2D eigenvalue weighted by atomic mass is 16.5. The first kappa shape index (κ1) is 23.1. The predicted octanol–water partition coefficient (Wildman–Crippen LogP) is 2.62. The molecule has 1 aliphatic heterocycles. The summed E-state index contributed by atoms with van der Waals surface area (Å²) in [6.45, 7) is 9.53. The molecule has 1 saturated carbocycles. The van der Waals surface area contributed by atoms with Crippen LogP contribution >= 0.6 is 0 Å². The second-order valence-electron chi connectivity index (χ2n) is 10.8. The lowest BCUT2D eigenvalue weighted by Gasteiger charge is -2.29. The standard InChI is InChI=1S/C26H30N6O3/c1-25(2,34)14-35-18-7-19(24-17(8-27)10-30-32(24)11-18)16-5-6-22(28-9-16)31-12-20-21(13-31)23(20)26(3,4)29-15-33/h5-7,9-11,15,20-21,23,34H,12-14H2,1-4H3,(H,29,33)/t20-,21+,23?. The van der Waals surface area contributed by atoms with Crippen LogP contribution in [0.5, 0.6) is 5.75 Å². The van der Waals surface area contributed by atoms with Gasteiger partial charge in [-0.05, 0) is 63.6 Å². The Morgan fingerprint density at radius 3 is 2.60 bits per heavy atom. The molecule has 0 spiro atoms. The number of piperidine rings is 1. The van der Waals surface area contributed by atoms with Crippen molar-refractivity contribution in [2.45, 2.75) is 38.8 Å². The van der Waals surface area contributed by atoms with Gasteiger partial charge in [-0.2, -0.15) is 10.4 Å². The summed E-state index contributed by atoms with van der Waals surface area (Å²) in [7, 11) is 0. The number of anilines is 1. The molecule has 0 bridgehead atoms. The first-order chi connectivity index (χ1) is 16.6. The van der Waals surface area contributed by atoms with Crippen LogP contribution in [0.1, 0.15) is 33.3 Å². The van der Waals surface area contributed by atoms with Gasteiger partial charge in [-0.15, -0.1) is 0 Å². The van der Waals surface area contributed by atoms with Crippen LogP contribution in [0.4, 0.5) is 5.82 Å². The molecular weight excluding hydrogens is 444 g/mol. The zero-order valence-electron chi connectivity index (χ0n) is 20.4. The lowest BCUT2D eigenvalue weighted by Crippen LogP contribution is -2.43. The van der Waals surface area contributed by atoms with Crippen molar-refractivity contribution in [1.29, 1.82) is 5.26 Å². The maximum absolute atomic E-state index is 10.9. The van der Waals surface area contributed by atoms with Crippen LogP contribution in [-0.4, -0.2) is 57.0 Å². The minimum absolute atomic E-state index is 0.124. The van der Waals surface area contributed by atoms with Crippen LogP contribution < -0.4 is 15.0 Å². The van der Waals surface area contributed by atoms with Gasteiger partial charge in [-0.1, -0.05) is 0 Å². The van der Waals surface area contributed by atoms with E-state index in [2.05, 4.69) is 35.2 Å². The highest BCUT2D eigenvalue weighted by Gasteiger charge is 2.61. The van der Waals surface area contributed by atoms with E-state index in [1.165, 1.54) is 6.20 Å². The molecule has 1 unspecified atom stereocenters. The van der Waals surface area contributed by atoms with E-state index in [1.54, 1.807) is 24.6 Å². The van der Waals surface area contributed by atoms with Crippen LogP contribution in [0, 0.1) is 29.1 Å². The Kier molecular flexibility index (Phi) is 5.44. The van der Waals surface area contributed by atoms with Crippen molar-refractivity contribution in [3.05, 3.63) is 42.4 Å². The molecular formula is C26H30N6O3. The quantitative estimate of drug-likeness (QED) is 0.482. The third-order valence-electron chi connectivity index (χ3n) is 7.14. The smallest absolute Gasteiger partial charge is 0.207 e. The number of nitrogens with zero attached hydrogens (tertiary/aromatic N) is 5. The molecule has 1 aliphatic carbocycles. The molecule has 1 amide bonds. The topological polar surface area (TPSA) is 116 Å². The fraction of sp³-hybridized carbons (Fsp3) is 0.462. The van der Waals surface area contributed by atoms with Crippen molar-refractivity contribution in [1.82, 2.24) is 19.9 Å². The van der Waals surface area contributed by atoms with Crippen molar-refractivity contribution >= 4 is 17.7 Å². The maximum Gasteiger partial charge on any atom is 0.207 e. The second kappa shape index (κ2) is 8.24. The number of fused-ring (bicyclic) bond motifs is 2. The van der Waals surface area contributed by atoms with Crippen LogP contribution in [0.2, 0.25) is 0 Å². The van der Waals surface area contributed by atoms with Gasteiger partial charge in [0.1, 0.15) is 24.2 Å². The average molecular weight is 475 g/mol. The number of ether oxygens (including phenoxy) is 1. The van der Waals surface area contributed by atoms with E-state index in [9.17, 15) is 15.2 Å². The lowest BCUT2D eigenvalue weighted by atomic mass is 9.95. The van der Waals surface area contributed by atoms with Gasteiger partial charge >= 0.3 is 0 Å². The molecule has 2 fully saturated rings. The number of hydrogen-bond donors (Lipinski definition) is 2. The van der Waals surface area contributed by atoms with Crippen LogP contribution in [0.3, 0.4) is 0 Å². The molecule has 3 atom stereocenters. The number of aromatic nitrogens is 3. The highest BCUT2D eigenvalue weighted by Crippen LogP contribution is 2.57. The summed E-state index contributed by atoms with van der Waals surface area (Å²) in [6.07, 6.45) is 5.86. The normalized spacial score (nSPS) is 21.5. The van der Waals surface area contributed by atoms with Crippen LogP contribution in [-0.2, 0) is 4.79 Å². The number of carbonyl (C=O) groups is 1. The number of rotatable bonds is 8. The molecule has 9 nitrogen and oxygen atoms in total. The molecule has 1 saturated heterocycles. The molecule has 182 valence electrons. The Morgan fingerprint density at radius 2 is 2.00 bits per heavy atom. The molecule has 3 aromatic rings. The number of nitriles is 1. The Morgan fingerprint density at radius 1 is 1.26 bits per heavy atom. The fourth-order valence-corrected chi connectivity index (χ4v) is 5.50. The monoisotopic (exact) mass is 474 g/mol. The first-order valence-corrected chi connectivity index (χ1v) is 11.8. The van der Waals surface area contributed by atoms with E-state index in [0.717, 1.165) is 36.4 Å². The van der Waals surface area contributed by atoms with Gasteiger partial charge in [0.05, 0.1) is 29.1 Å². The van der Waals surface area contributed by atoms with Crippen molar-refractivity contribution in [2.24, 2.45) is 17.8 Å². The maximum atomic E-state index is 10.9. The molecule has 9 heteroatoms. The highest BCUT2D eigenvalue weighted by molar-refractivity contribution is 5.85. The van der Waals surface area contributed by atoms with Gasteiger partial charge in [0.15, 0.2) is 0 Å². The SMILES string of the molecule is CC(C)(O)COc1cc(-c2ccc(N3C[C@@H]4C(C(C)(C)NC=O)[C@@H]4C3)nc2)c2c(C#N)cnn2c1. The third-order valence-corrected chi connectivity index (χ3v) is 7.14. The Bertz CT molecular complexity index is 1290. The third kappa shape index (κ3) is 4.30. The van der Waals surface area contributed by atoms with Crippen LogP contribution in [0.25, 0.3) is 16.6 Å². The van der Waals surface area contributed by atoms with E-state index in [-0.39, 0.29) is 12.1 Å². The van der Waals surface area contributed by atoms with Crippen molar-refractivity contribution in [3.8, 4) is 22.9 Å². The van der Waals surface area contributed by atoms with Gasteiger partial charge in [0.2, 0.25) is 6.41 Å². The molecule has 5 rings (SSSR count). The van der Waals surface area contributed by atoms with E-state index in [0.29, 0.717) is 34.6 Å². The summed E-state index contributed by atoms with van der Waals surface area (Å²) in [6, 6.07) is 8.08. The largest absolute Gasteiger partial charge is 0.489 e. The van der Waals surface area contributed by atoms with Gasteiger partial charge < -0.3 is 20.1 Å². The molecule has 4 heterocycles. The summed E-state index contributed by atoms with van der Waals surface area (Å²) in [5, 5.41) is 26.9. The number of amides is 1. The molecule has 3 aromatic heterocycles. The zero-order chi connectivity index (χ0) is 25.0. The molecule has 2 N–H and O–H groups in total. The summed E-state index contributed by atoms with van der Waals surface area (Å²) in [5.74, 6) is 3.08.